The Kier molecular flexibility index (Phi) is 6.82. The quantitative estimate of drug-likeness (QED) is 0.746. The number of rotatable bonds is 6. The predicted molar refractivity (Wildman–Crippen MR) is 89.5 cm³/mol. The van der Waals surface area contributed by atoms with Crippen LogP contribution >= 0.6 is 0 Å². The van der Waals surface area contributed by atoms with Crippen molar-refractivity contribution in [3.63, 3.8) is 0 Å². The van der Waals surface area contributed by atoms with Crippen LogP contribution in [0.1, 0.15) is 27.7 Å². The SMILES string of the molecule is CC1CN(S(=O)(=O)NCC(C(C)C)N2CCOCC2)CC(C)O1. The van der Waals surface area contributed by atoms with Crippen molar-refractivity contribution in [1.82, 2.24) is 13.9 Å². The number of nitrogens with one attached hydrogen (secondary N) is 1. The lowest BCUT2D eigenvalue weighted by atomic mass is 10.0. The Bertz CT molecular complexity index is 455. The normalized spacial score (nSPS) is 29.8. The number of nitrogens with zero attached hydrogens (tertiary/aromatic N) is 2. The van der Waals surface area contributed by atoms with E-state index in [0.29, 0.717) is 38.8 Å². The van der Waals surface area contributed by atoms with E-state index in [0.717, 1.165) is 13.1 Å². The molecule has 3 unspecified atom stereocenters. The minimum Gasteiger partial charge on any atom is -0.379 e. The van der Waals surface area contributed by atoms with E-state index in [2.05, 4.69) is 23.5 Å². The van der Waals surface area contributed by atoms with Crippen LogP contribution in [-0.2, 0) is 19.7 Å². The molecule has 136 valence electrons. The molecular formula is C15H31N3O4S. The predicted octanol–water partition coefficient (Wildman–Crippen LogP) is 0.287. The minimum atomic E-state index is -3.47. The maximum Gasteiger partial charge on any atom is 0.279 e. The van der Waals surface area contributed by atoms with Gasteiger partial charge in [0.1, 0.15) is 0 Å². The van der Waals surface area contributed by atoms with Crippen LogP contribution in [0.3, 0.4) is 0 Å². The van der Waals surface area contributed by atoms with Gasteiger partial charge in [-0.25, -0.2) is 4.72 Å². The first-order valence-corrected chi connectivity index (χ1v) is 9.95. The van der Waals surface area contributed by atoms with E-state index in [1.807, 2.05) is 13.8 Å². The zero-order valence-corrected chi connectivity index (χ0v) is 15.5. The molecule has 3 atom stereocenters. The average Bonchev–Trinajstić information content (AvgIpc) is 2.47. The van der Waals surface area contributed by atoms with Crippen LogP contribution < -0.4 is 4.72 Å². The Morgan fingerprint density at radius 1 is 1.13 bits per heavy atom. The fourth-order valence-corrected chi connectivity index (χ4v) is 4.68. The van der Waals surface area contributed by atoms with E-state index < -0.39 is 10.2 Å². The summed E-state index contributed by atoms with van der Waals surface area (Å²) in [5.41, 5.74) is 0. The Labute approximate surface area is 140 Å². The molecular weight excluding hydrogens is 318 g/mol. The van der Waals surface area contributed by atoms with Crippen molar-refractivity contribution in [3.05, 3.63) is 0 Å². The summed E-state index contributed by atoms with van der Waals surface area (Å²) in [5.74, 6) is 0.373. The van der Waals surface area contributed by atoms with Crippen LogP contribution in [0.15, 0.2) is 0 Å². The molecule has 0 aromatic rings. The van der Waals surface area contributed by atoms with Gasteiger partial charge in [-0.2, -0.15) is 12.7 Å². The van der Waals surface area contributed by atoms with Crippen molar-refractivity contribution >= 4 is 10.2 Å². The molecule has 1 N–H and O–H groups in total. The number of morpholine rings is 2. The molecule has 8 heteroatoms. The molecule has 7 nitrogen and oxygen atoms in total. The maximum absolute atomic E-state index is 12.6. The summed E-state index contributed by atoms with van der Waals surface area (Å²) >= 11 is 0. The van der Waals surface area contributed by atoms with Crippen molar-refractivity contribution in [2.24, 2.45) is 5.92 Å². The van der Waals surface area contributed by atoms with E-state index in [4.69, 9.17) is 9.47 Å². The van der Waals surface area contributed by atoms with Gasteiger partial charge in [0, 0.05) is 38.8 Å². The topological polar surface area (TPSA) is 71.1 Å². The molecule has 2 rings (SSSR count). The zero-order valence-electron chi connectivity index (χ0n) is 14.7. The number of ether oxygens (including phenoxy) is 2. The third kappa shape index (κ3) is 5.37. The second-order valence-corrected chi connectivity index (χ2v) is 8.64. The van der Waals surface area contributed by atoms with Crippen LogP contribution in [-0.4, -0.2) is 81.8 Å². The van der Waals surface area contributed by atoms with Gasteiger partial charge < -0.3 is 9.47 Å². The molecule has 0 aromatic carbocycles. The van der Waals surface area contributed by atoms with Gasteiger partial charge in [-0.3, -0.25) is 4.90 Å². The Morgan fingerprint density at radius 2 is 1.70 bits per heavy atom. The van der Waals surface area contributed by atoms with E-state index in [1.54, 1.807) is 0 Å². The fraction of sp³-hybridized carbons (Fsp3) is 1.00. The van der Waals surface area contributed by atoms with Crippen LogP contribution in [0.25, 0.3) is 0 Å². The third-order valence-corrected chi connectivity index (χ3v) is 5.99. The standard InChI is InChI=1S/C15H31N3O4S/c1-12(2)15(17-5-7-21-8-6-17)9-16-23(19,20)18-10-13(3)22-14(4)11-18/h12-16H,5-11H2,1-4H3. The largest absolute Gasteiger partial charge is 0.379 e. The summed E-state index contributed by atoms with van der Waals surface area (Å²) in [4.78, 5) is 2.32. The van der Waals surface area contributed by atoms with E-state index in [1.165, 1.54) is 4.31 Å². The smallest absolute Gasteiger partial charge is 0.279 e. The molecule has 2 saturated heterocycles. The highest BCUT2D eigenvalue weighted by Gasteiger charge is 2.32. The third-order valence-electron chi connectivity index (χ3n) is 4.49. The fourth-order valence-electron chi connectivity index (χ4n) is 3.30. The summed E-state index contributed by atoms with van der Waals surface area (Å²) in [7, 11) is -3.47. The first-order valence-electron chi connectivity index (χ1n) is 8.51. The van der Waals surface area contributed by atoms with Gasteiger partial charge in [0.05, 0.1) is 25.4 Å². The molecule has 0 radical (unpaired) electrons. The van der Waals surface area contributed by atoms with Crippen molar-refractivity contribution in [3.8, 4) is 0 Å². The van der Waals surface area contributed by atoms with Gasteiger partial charge >= 0.3 is 0 Å². The van der Waals surface area contributed by atoms with Crippen molar-refractivity contribution < 1.29 is 17.9 Å². The summed E-state index contributed by atoms with van der Waals surface area (Å²) < 4.78 is 40.5. The molecule has 0 aromatic heterocycles. The Hall–Kier alpha value is -0.250. The summed E-state index contributed by atoms with van der Waals surface area (Å²) in [6.07, 6.45) is -0.147. The van der Waals surface area contributed by atoms with Crippen LogP contribution in [0, 0.1) is 5.92 Å². The summed E-state index contributed by atoms with van der Waals surface area (Å²) in [6, 6.07) is 0.185. The van der Waals surface area contributed by atoms with Gasteiger partial charge in [-0.15, -0.1) is 0 Å². The lowest BCUT2D eigenvalue weighted by Gasteiger charge is -2.38. The molecule has 2 aliphatic rings. The van der Waals surface area contributed by atoms with Crippen LogP contribution in [0.2, 0.25) is 0 Å². The molecule has 2 aliphatic heterocycles. The Balaban J connectivity index is 1.95. The van der Waals surface area contributed by atoms with E-state index in [9.17, 15) is 8.42 Å². The van der Waals surface area contributed by atoms with Crippen LogP contribution in [0.4, 0.5) is 0 Å². The second kappa shape index (κ2) is 8.22. The Morgan fingerprint density at radius 3 is 2.22 bits per heavy atom. The van der Waals surface area contributed by atoms with Crippen molar-refractivity contribution in [2.45, 2.75) is 45.9 Å². The molecule has 23 heavy (non-hydrogen) atoms. The zero-order chi connectivity index (χ0) is 17.0. The van der Waals surface area contributed by atoms with Crippen molar-refractivity contribution in [1.29, 1.82) is 0 Å². The molecule has 0 saturated carbocycles. The van der Waals surface area contributed by atoms with Crippen LogP contribution in [0.5, 0.6) is 0 Å². The highest BCUT2D eigenvalue weighted by Crippen LogP contribution is 2.16. The first kappa shape index (κ1) is 19.1. The van der Waals surface area contributed by atoms with Gasteiger partial charge in [-0.05, 0) is 19.8 Å². The minimum absolute atomic E-state index is 0.0736. The maximum atomic E-state index is 12.6. The number of hydrogen-bond acceptors (Lipinski definition) is 5. The van der Waals surface area contributed by atoms with Gasteiger partial charge in [0.2, 0.25) is 0 Å². The van der Waals surface area contributed by atoms with Crippen molar-refractivity contribution in [2.75, 3.05) is 45.9 Å². The summed E-state index contributed by atoms with van der Waals surface area (Å²) in [6.45, 7) is 12.5. The van der Waals surface area contributed by atoms with Gasteiger partial charge in [-0.1, -0.05) is 13.8 Å². The van der Waals surface area contributed by atoms with Gasteiger partial charge in [0.25, 0.3) is 10.2 Å². The summed E-state index contributed by atoms with van der Waals surface area (Å²) in [5, 5.41) is 0. The molecule has 0 spiro atoms. The van der Waals surface area contributed by atoms with E-state index in [-0.39, 0.29) is 18.2 Å². The van der Waals surface area contributed by atoms with Gasteiger partial charge in [0.15, 0.2) is 0 Å². The average molecular weight is 349 g/mol. The lowest BCUT2D eigenvalue weighted by molar-refractivity contribution is -0.0445. The lowest BCUT2D eigenvalue weighted by Crippen LogP contribution is -2.55. The highest BCUT2D eigenvalue weighted by atomic mass is 32.2. The molecule has 0 amide bonds. The molecule has 0 bridgehead atoms. The molecule has 0 aliphatic carbocycles. The van der Waals surface area contributed by atoms with E-state index >= 15 is 0 Å². The number of hydrogen-bond donors (Lipinski definition) is 1. The molecule has 2 heterocycles. The molecule has 2 fully saturated rings. The monoisotopic (exact) mass is 349 g/mol. The second-order valence-electron chi connectivity index (χ2n) is 6.89. The highest BCUT2D eigenvalue weighted by molar-refractivity contribution is 7.87. The first-order chi connectivity index (χ1) is 10.8.